The summed E-state index contributed by atoms with van der Waals surface area (Å²) in [5.41, 5.74) is 7.60. The van der Waals surface area contributed by atoms with Gasteiger partial charge in [-0.3, -0.25) is 4.40 Å². The fraction of sp³-hybridized carbons (Fsp3) is 0.381. The molecular weight excluding hydrogens is 411 g/mol. The first-order valence-corrected chi connectivity index (χ1v) is 9.99. The van der Waals surface area contributed by atoms with E-state index in [0.717, 1.165) is 0 Å². The number of hydrogen-bond acceptors (Lipinski definition) is 6. The van der Waals surface area contributed by atoms with E-state index >= 15 is 0 Å². The summed E-state index contributed by atoms with van der Waals surface area (Å²) in [6.45, 7) is 9.01. The Morgan fingerprint density at radius 2 is 2.07 bits per heavy atom. The van der Waals surface area contributed by atoms with E-state index in [0.29, 0.717) is 28.4 Å². The minimum absolute atomic E-state index is 0.0904. The molecule has 3 aromatic rings. The number of imidazole rings is 1. The molecule has 0 spiro atoms. The van der Waals surface area contributed by atoms with E-state index in [1.807, 2.05) is 18.2 Å². The van der Waals surface area contributed by atoms with Crippen molar-refractivity contribution in [3.8, 4) is 5.75 Å². The van der Waals surface area contributed by atoms with Gasteiger partial charge in [-0.2, -0.15) is 0 Å². The number of carbonyl (C=O) groups is 1. The second kappa shape index (κ2) is 8.47. The summed E-state index contributed by atoms with van der Waals surface area (Å²) in [5, 5.41) is -0.199. The monoisotopic (exact) mass is 434 g/mol. The van der Waals surface area contributed by atoms with Crippen molar-refractivity contribution < 1.29 is 18.7 Å². The maximum atomic E-state index is 14.9. The normalized spacial score (nSPS) is 12.4. The number of halogens is 2. The molecule has 0 aliphatic heterocycles. The summed E-state index contributed by atoms with van der Waals surface area (Å²) in [6.07, 6.45) is 3.01. The number of nitrogens with zero attached hydrogens (tertiary/aromatic N) is 3. The molecule has 1 atom stereocenters. The summed E-state index contributed by atoms with van der Waals surface area (Å²) in [7, 11) is 0. The third-order valence-corrected chi connectivity index (χ3v) is 4.95. The fourth-order valence-electron chi connectivity index (χ4n) is 3.41. The Labute approximate surface area is 179 Å². The SMILES string of the molecule is CCOC(=O)c1c(F)c(Cl)cc(C(C)c2nc(C)c3c(N)nccn23)c1OC(C)C. The number of benzene rings is 1. The van der Waals surface area contributed by atoms with Crippen LogP contribution in [0.1, 0.15) is 61.1 Å². The number of hydrogen-bond donors (Lipinski definition) is 1. The van der Waals surface area contributed by atoms with Crippen LogP contribution < -0.4 is 10.5 Å². The maximum Gasteiger partial charge on any atom is 0.345 e. The summed E-state index contributed by atoms with van der Waals surface area (Å²) in [4.78, 5) is 21.3. The molecule has 2 heterocycles. The van der Waals surface area contributed by atoms with Gasteiger partial charge in [0.25, 0.3) is 0 Å². The van der Waals surface area contributed by atoms with Crippen molar-refractivity contribution in [1.29, 1.82) is 0 Å². The summed E-state index contributed by atoms with van der Waals surface area (Å²) >= 11 is 6.16. The lowest BCUT2D eigenvalue weighted by Gasteiger charge is -2.22. The predicted molar refractivity (Wildman–Crippen MR) is 113 cm³/mol. The lowest BCUT2D eigenvalue weighted by Crippen LogP contribution is -2.17. The number of rotatable bonds is 6. The number of aryl methyl sites for hydroxylation is 1. The Bertz CT molecular complexity index is 1110. The second-order valence-electron chi connectivity index (χ2n) is 7.16. The number of aromatic nitrogens is 3. The van der Waals surface area contributed by atoms with E-state index in [4.69, 9.17) is 26.8 Å². The van der Waals surface area contributed by atoms with E-state index in [-0.39, 0.29) is 29.0 Å². The molecule has 1 aromatic carbocycles. The van der Waals surface area contributed by atoms with E-state index < -0.39 is 17.7 Å². The first-order valence-electron chi connectivity index (χ1n) is 9.62. The van der Waals surface area contributed by atoms with Gasteiger partial charge in [0.15, 0.2) is 5.82 Å². The van der Waals surface area contributed by atoms with E-state index in [1.54, 1.807) is 33.2 Å². The van der Waals surface area contributed by atoms with Crippen LogP contribution in [0.5, 0.6) is 5.75 Å². The third-order valence-electron chi connectivity index (χ3n) is 4.67. The molecule has 0 fully saturated rings. The van der Waals surface area contributed by atoms with Gasteiger partial charge in [-0.25, -0.2) is 19.2 Å². The van der Waals surface area contributed by atoms with Crippen LogP contribution in [-0.2, 0) is 4.74 Å². The van der Waals surface area contributed by atoms with Crippen LogP contribution >= 0.6 is 11.6 Å². The molecule has 0 saturated carbocycles. The van der Waals surface area contributed by atoms with Gasteiger partial charge in [-0.1, -0.05) is 18.5 Å². The molecule has 0 aliphatic rings. The quantitative estimate of drug-likeness (QED) is 0.573. The van der Waals surface area contributed by atoms with Crippen molar-refractivity contribution in [2.45, 2.75) is 46.6 Å². The molecular formula is C21H24ClFN4O3. The number of nitrogens with two attached hydrogens (primary N) is 1. The zero-order valence-corrected chi connectivity index (χ0v) is 18.2. The highest BCUT2D eigenvalue weighted by molar-refractivity contribution is 6.31. The number of fused-ring (bicyclic) bond motifs is 1. The van der Waals surface area contributed by atoms with Crippen molar-refractivity contribution in [1.82, 2.24) is 14.4 Å². The molecule has 0 saturated heterocycles. The van der Waals surface area contributed by atoms with Gasteiger partial charge in [0.05, 0.1) is 23.4 Å². The first kappa shape index (κ1) is 21.8. The molecule has 2 N–H and O–H groups in total. The highest BCUT2D eigenvalue weighted by Crippen LogP contribution is 2.40. The van der Waals surface area contributed by atoms with Crippen LogP contribution in [0.3, 0.4) is 0 Å². The zero-order chi connectivity index (χ0) is 22.2. The largest absolute Gasteiger partial charge is 0.490 e. The Hall–Kier alpha value is -2.87. The Balaban J connectivity index is 2.27. The van der Waals surface area contributed by atoms with Crippen molar-refractivity contribution in [2.24, 2.45) is 0 Å². The Morgan fingerprint density at radius 3 is 2.70 bits per heavy atom. The molecule has 30 heavy (non-hydrogen) atoms. The van der Waals surface area contributed by atoms with Crippen molar-refractivity contribution in [3.05, 3.63) is 51.9 Å². The maximum absolute atomic E-state index is 14.9. The van der Waals surface area contributed by atoms with E-state index in [2.05, 4.69) is 9.97 Å². The Kier molecular flexibility index (Phi) is 6.17. The van der Waals surface area contributed by atoms with Crippen LogP contribution in [0.4, 0.5) is 10.2 Å². The van der Waals surface area contributed by atoms with Crippen LogP contribution in [0.2, 0.25) is 5.02 Å². The minimum Gasteiger partial charge on any atom is -0.490 e. The lowest BCUT2D eigenvalue weighted by molar-refractivity contribution is 0.0514. The van der Waals surface area contributed by atoms with Gasteiger partial charge < -0.3 is 15.2 Å². The minimum atomic E-state index is -0.876. The van der Waals surface area contributed by atoms with Gasteiger partial charge in [0.1, 0.15) is 28.5 Å². The van der Waals surface area contributed by atoms with Crippen LogP contribution in [0.15, 0.2) is 18.5 Å². The van der Waals surface area contributed by atoms with Crippen LogP contribution in [0, 0.1) is 12.7 Å². The topological polar surface area (TPSA) is 91.7 Å². The predicted octanol–water partition coefficient (Wildman–Crippen LogP) is 4.53. The second-order valence-corrected chi connectivity index (χ2v) is 7.57. The molecule has 7 nitrogen and oxygen atoms in total. The molecule has 0 radical (unpaired) electrons. The standard InChI is InChI=1S/C21H24ClFN4O3/c1-6-29-21(28)15-16(23)14(22)9-13(18(15)30-10(2)3)11(4)20-26-12(5)17-19(24)25-7-8-27(17)20/h7-11H,6H2,1-5H3,(H2,24,25). The number of carbonyl (C=O) groups excluding carboxylic acids is 1. The summed E-state index contributed by atoms with van der Waals surface area (Å²) < 4.78 is 27.7. The molecule has 3 rings (SSSR count). The van der Waals surface area contributed by atoms with E-state index in [1.165, 1.54) is 6.07 Å². The van der Waals surface area contributed by atoms with Crippen molar-refractivity contribution in [2.75, 3.05) is 12.3 Å². The number of esters is 1. The molecule has 1 unspecified atom stereocenters. The van der Waals surface area contributed by atoms with Crippen LogP contribution in [-0.4, -0.2) is 33.0 Å². The van der Waals surface area contributed by atoms with Gasteiger partial charge in [0, 0.05) is 23.9 Å². The summed E-state index contributed by atoms with van der Waals surface area (Å²) in [6, 6.07) is 1.46. The first-order chi connectivity index (χ1) is 14.2. The van der Waals surface area contributed by atoms with Crippen molar-refractivity contribution >= 4 is 28.9 Å². The smallest absolute Gasteiger partial charge is 0.345 e. The average Bonchev–Trinajstić information content (AvgIpc) is 3.02. The highest BCUT2D eigenvalue weighted by Gasteiger charge is 2.30. The molecule has 0 aliphatic carbocycles. The zero-order valence-electron chi connectivity index (χ0n) is 17.5. The van der Waals surface area contributed by atoms with Crippen LogP contribution in [0.25, 0.3) is 5.52 Å². The van der Waals surface area contributed by atoms with E-state index in [9.17, 15) is 9.18 Å². The molecule has 160 valence electrons. The van der Waals surface area contributed by atoms with Gasteiger partial charge in [-0.05, 0) is 33.8 Å². The lowest BCUT2D eigenvalue weighted by atomic mass is 9.96. The fourth-order valence-corrected chi connectivity index (χ4v) is 3.62. The van der Waals surface area contributed by atoms with Gasteiger partial charge >= 0.3 is 5.97 Å². The average molecular weight is 435 g/mol. The molecule has 2 aromatic heterocycles. The van der Waals surface area contributed by atoms with Gasteiger partial charge in [-0.15, -0.1) is 0 Å². The molecule has 0 amide bonds. The highest BCUT2D eigenvalue weighted by atomic mass is 35.5. The number of ether oxygens (including phenoxy) is 2. The third kappa shape index (κ3) is 3.79. The Morgan fingerprint density at radius 1 is 1.37 bits per heavy atom. The number of anilines is 1. The summed E-state index contributed by atoms with van der Waals surface area (Å²) in [5.74, 6) is -1.05. The van der Waals surface area contributed by atoms with Gasteiger partial charge in [0.2, 0.25) is 0 Å². The van der Waals surface area contributed by atoms with Crippen molar-refractivity contribution in [3.63, 3.8) is 0 Å². The molecule has 9 heteroatoms. The number of nitrogen functional groups attached to an aromatic ring is 1. The molecule has 0 bridgehead atoms.